The number of hydrogen-bond donors (Lipinski definition) is 1. The highest BCUT2D eigenvalue weighted by molar-refractivity contribution is 5.92. The van der Waals surface area contributed by atoms with E-state index in [0.29, 0.717) is 24.0 Å². The summed E-state index contributed by atoms with van der Waals surface area (Å²) >= 11 is 0. The highest BCUT2D eigenvalue weighted by Gasteiger charge is 2.23. The number of anilines is 1. The second-order valence-corrected chi connectivity index (χ2v) is 5.75. The van der Waals surface area contributed by atoms with Crippen molar-refractivity contribution in [2.45, 2.75) is 32.7 Å². The van der Waals surface area contributed by atoms with E-state index in [2.05, 4.69) is 30.2 Å². The predicted molar refractivity (Wildman–Crippen MR) is 86.2 cm³/mol. The number of rotatable bonds is 3. The number of carbonyl (C=O) groups excluding carboxylic acids is 1. The van der Waals surface area contributed by atoms with Crippen LogP contribution >= 0.6 is 0 Å². The van der Waals surface area contributed by atoms with Crippen LogP contribution < -0.4 is 10.2 Å². The molecule has 0 spiro atoms. The van der Waals surface area contributed by atoms with Crippen LogP contribution in [0.1, 0.15) is 34.8 Å². The van der Waals surface area contributed by atoms with Crippen molar-refractivity contribution in [1.29, 1.82) is 0 Å². The molecule has 1 amide bonds. The van der Waals surface area contributed by atoms with E-state index in [4.69, 9.17) is 0 Å². The van der Waals surface area contributed by atoms with Crippen LogP contribution in [0.15, 0.2) is 24.5 Å². The molecule has 1 saturated heterocycles. The molecule has 7 heteroatoms. The molecule has 120 valence electrons. The summed E-state index contributed by atoms with van der Waals surface area (Å²) in [5.41, 5.74) is 1.22. The van der Waals surface area contributed by atoms with Crippen molar-refractivity contribution in [2.24, 2.45) is 0 Å². The van der Waals surface area contributed by atoms with Gasteiger partial charge < -0.3 is 10.2 Å². The van der Waals surface area contributed by atoms with Gasteiger partial charge in [0.1, 0.15) is 11.5 Å². The number of nitrogens with zero attached hydrogens (tertiary/aromatic N) is 5. The lowest BCUT2D eigenvalue weighted by Crippen LogP contribution is -2.48. The van der Waals surface area contributed by atoms with Gasteiger partial charge in [-0.15, -0.1) is 0 Å². The molecule has 3 rings (SSSR count). The Balaban J connectivity index is 1.66. The minimum absolute atomic E-state index is 0.0654. The molecule has 0 unspecified atom stereocenters. The third-order valence-electron chi connectivity index (χ3n) is 3.79. The first kappa shape index (κ1) is 15.3. The molecule has 0 radical (unpaired) electrons. The lowest BCUT2D eigenvalue weighted by molar-refractivity contribution is 0.0927. The topological polar surface area (TPSA) is 83.9 Å². The maximum atomic E-state index is 12.4. The zero-order chi connectivity index (χ0) is 16.2. The standard InChI is InChI=1S/C16H20N6O/c1-11-9-14(20-12(2)19-11)15(23)21-13-5-3-8-22(10-13)16-17-6-4-7-18-16/h4,6-7,9,13H,3,5,8,10H2,1-2H3,(H,21,23)/t13-/m0/s1. The van der Waals surface area contributed by atoms with Gasteiger partial charge in [0.15, 0.2) is 0 Å². The molecule has 1 aliphatic rings. The Kier molecular flexibility index (Phi) is 4.45. The molecule has 2 aromatic rings. The molecular weight excluding hydrogens is 292 g/mol. The second-order valence-electron chi connectivity index (χ2n) is 5.75. The normalized spacial score (nSPS) is 17.8. The number of aromatic nitrogens is 4. The van der Waals surface area contributed by atoms with Crippen LogP contribution in [0.5, 0.6) is 0 Å². The fourth-order valence-corrected chi connectivity index (χ4v) is 2.82. The minimum atomic E-state index is -0.153. The van der Waals surface area contributed by atoms with E-state index >= 15 is 0 Å². The van der Waals surface area contributed by atoms with Gasteiger partial charge in [0, 0.05) is 37.2 Å². The van der Waals surface area contributed by atoms with Crippen LogP contribution in [0, 0.1) is 13.8 Å². The van der Waals surface area contributed by atoms with Crippen molar-refractivity contribution >= 4 is 11.9 Å². The first-order chi connectivity index (χ1) is 11.1. The maximum Gasteiger partial charge on any atom is 0.270 e. The summed E-state index contributed by atoms with van der Waals surface area (Å²) in [4.78, 5) is 31.5. The third kappa shape index (κ3) is 3.80. The molecule has 3 heterocycles. The smallest absolute Gasteiger partial charge is 0.270 e. The van der Waals surface area contributed by atoms with Gasteiger partial charge in [0.25, 0.3) is 5.91 Å². The van der Waals surface area contributed by atoms with Crippen molar-refractivity contribution in [3.8, 4) is 0 Å². The highest BCUT2D eigenvalue weighted by Crippen LogP contribution is 2.15. The molecule has 0 aliphatic carbocycles. The monoisotopic (exact) mass is 312 g/mol. The third-order valence-corrected chi connectivity index (χ3v) is 3.79. The van der Waals surface area contributed by atoms with Crippen molar-refractivity contribution in [1.82, 2.24) is 25.3 Å². The predicted octanol–water partition coefficient (Wildman–Crippen LogP) is 1.28. The molecule has 1 aliphatic heterocycles. The van der Waals surface area contributed by atoms with Gasteiger partial charge in [0.05, 0.1) is 0 Å². The highest BCUT2D eigenvalue weighted by atomic mass is 16.1. The van der Waals surface area contributed by atoms with E-state index in [1.54, 1.807) is 31.5 Å². The van der Waals surface area contributed by atoms with Crippen molar-refractivity contribution in [2.75, 3.05) is 18.0 Å². The second kappa shape index (κ2) is 6.68. The van der Waals surface area contributed by atoms with Crippen LogP contribution in [0.25, 0.3) is 0 Å². The Hall–Kier alpha value is -2.57. The summed E-state index contributed by atoms with van der Waals surface area (Å²) in [6.07, 6.45) is 5.40. The molecule has 2 aromatic heterocycles. The molecule has 1 atom stereocenters. The summed E-state index contributed by atoms with van der Waals surface area (Å²) in [5, 5.41) is 3.06. The first-order valence-electron chi connectivity index (χ1n) is 7.77. The van der Waals surface area contributed by atoms with Crippen LogP contribution in [0.4, 0.5) is 5.95 Å². The van der Waals surface area contributed by atoms with Gasteiger partial charge in [0.2, 0.25) is 5.95 Å². The van der Waals surface area contributed by atoms with Crippen LogP contribution in [-0.2, 0) is 0 Å². The van der Waals surface area contributed by atoms with Gasteiger partial charge in [-0.2, -0.15) is 0 Å². The molecule has 1 N–H and O–H groups in total. The Bertz CT molecular complexity index is 670. The summed E-state index contributed by atoms with van der Waals surface area (Å²) in [5.74, 6) is 1.16. The average molecular weight is 312 g/mol. The van der Waals surface area contributed by atoms with E-state index in [9.17, 15) is 4.79 Å². The zero-order valence-electron chi connectivity index (χ0n) is 13.4. The maximum absolute atomic E-state index is 12.4. The fourth-order valence-electron chi connectivity index (χ4n) is 2.82. The SMILES string of the molecule is Cc1cc(C(=O)N[C@H]2CCCN(c3ncccn3)C2)nc(C)n1. The van der Waals surface area contributed by atoms with Crippen LogP contribution in [0.3, 0.4) is 0 Å². The lowest BCUT2D eigenvalue weighted by Gasteiger charge is -2.33. The van der Waals surface area contributed by atoms with E-state index in [0.717, 1.165) is 25.1 Å². The van der Waals surface area contributed by atoms with Gasteiger partial charge in [-0.3, -0.25) is 4.79 Å². The summed E-state index contributed by atoms with van der Waals surface area (Å²) < 4.78 is 0. The van der Waals surface area contributed by atoms with Gasteiger partial charge in [-0.05, 0) is 38.8 Å². The van der Waals surface area contributed by atoms with Crippen molar-refractivity contribution in [3.63, 3.8) is 0 Å². The number of nitrogens with one attached hydrogen (secondary N) is 1. The van der Waals surface area contributed by atoms with Gasteiger partial charge in [-0.1, -0.05) is 0 Å². The Morgan fingerprint density at radius 3 is 2.78 bits per heavy atom. The average Bonchev–Trinajstić information content (AvgIpc) is 2.55. The zero-order valence-corrected chi connectivity index (χ0v) is 13.4. The molecule has 1 fully saturated rings. The lowest BCUT2D eigenvalue weighted by atomic mass is 10.1. The quantitative estimate of drug-likeness (QED) is 0.919. The number of aryl methyl sites for hydroxylation is 2. The van der Waals surface area contributed by atoms with Gasteiger partial charge >= 0.3 is 0 Å². The Labute approximate surface area is 135 Å². The molecule has 7 nitrogen and oxygen atoms in total. The van der Waals surface area contributed by atoms with E-state index in [1.807, 2.05) is 6.92 Å². The number of carbonyl (C=O) groups is 1. The fraction of sp³-hybridized carbons (Fsp3) is 0.438. The van der Waals surface area contributed by atoms with Crippen molar-refractivity contribution < 1.29 is 4.79 Å². The van der Waals surface area contributed by atoms with Crippen LogP contribution in [0.2, 0.25) is 0 Å². The number of amides is 1. The van der Waals surface area contributed by atoms with Crippen LogP contribution in [-0.4, -0.2) is 45.0 Å². The largest absolute Gasteiger partial charge is 0.346 e. The number of piperidine rings is 1. The molecule has 0 aromatic carbocycles. The minimum Gasteiger partial charge on any atom is -0.346 e. The first-order valence-corrected chi connectivity index (χ1v) is 7.77. The number of hydrogen-bond acceptors (Lipinski definition) is 6. The Morgan fingerprint density at radius 2 is 2.04 bits per heavy atom. The van der Waals surface area contributed by atoms with E-state index < -0.39 is 0 Å². The molecule has 0 bridgehead atoms. The summed E-state index contributed by atoms with van der Waals surface area (Å²) in [6, 6.07) is 3.58. The Morgan fingerprint density at radius 1 is 1.26 bits per heavy atom. The molecular formula is C16H20N6O. The van der Waals surface area contributed by atoms with Gasteiger partial charge in [-0.25, -0.2) is 19.9 Å². The summed E-state index contributed by atoms with van der Waals surface area (Å²) in [7, 11) is 0. The van der Waals surface area contributed by atoms with Crippen molar-refractivity contribution in [3.05, 3.63) is 41.7 Å². The van der Waals surface area contributed by atoms with E-state index in [1.165, 1.54) is 0 Å². The summed E-state index contributed by atoms with van der Waals surface area (Å²) in [6.45, 7) is 5.26. The molecule has 0 saturated carbocycles. The molecule has 23 heavy (non-hydrogen) atoms. The van der Waals surface area contributed by atoms with E-state index in [-0.39, 0.29) is 11.9 Å².